The van der Waals surface area contributed by atoms with Crippen LogP contribution in [0.5, 0.6) is 0 Å². The third-order valence-electron chi connectivity index (χ3n) is 5.23. The summed E-state index contributed by atoms with van der Waals surface area (Å²) in [5.41, 5.74) is 6.76. The highest BCUT2D eigenvalue weighted by Gasteiger charge is 2.49. The SMILES string of the molecule is CN(CC(=O)Nc1ccc(Cl)c(Cl)c1)C(=O)C1C2CCC(C2)C1N.Cl. The van der Waals surface area contributed by atoms with E-state index >= 15 is 0 Å². The summed E-state index contributed by atoms with van der Waals surface area (Å²) in [6, 6.07) is 4.79. The van der Waals surface area contributed by atoms with E-state index in [0.717, 1.165) is 19.3 Å². The fourth-order valence-electron chi connectivity index (χ4n) is 4.02. The van der Waals surface area contributed by atoms with Crippen LogP contribution in [-0.2, 0) is 9.59 Å². The molecule has 0 saturated heterocycles. The molecule has 4 unspecified atom stereocenters. The number of halogens is 3. The predicted octanol–water partition coefficient (Wildman–Crippen LogP) is 3.19. The van der Waals surface area contributed by atoms with Gasteiger partial charge in [0.15, 0.2) is 0 Å². The Bertz CT molecular complexity index is 669. The van der Waals surface area contributed by atoms with Crippen molar-refractivity contribution in [1.82, 2.24) is 4.90 Å². The molecule has 138 valence electrons. The number of benzene rings is 1. The van der Waals surface area contributed by atoms with E-state index in [1.165, 1.54) is 4.90 Å². The molecule has 5 nitrogen and oxygen atoms in total. The number of nitrogens with zero attached hydrogens (tertiary/aromatic N) is 1. The van der Waals surface area contributed by atoms with Crippen LogP contribution in [-0.4, -0.2) is 36.3 Å². The van der Waals surface area contributed by atoms with Crippen molar-refractivity contribution in [3.8, 4) is 0 Å². The van der Waals surface area contributed by atoms with E-state index in [2.05, 4.69) is 5.32 Å². The maximum absolute atomic E-state index is 12.7. The van der Waals surface area contributed by atoms with Gasteiger partial charge in [-0.05, 0) is 49.3 Å². The highest BCUT2D eigenvalue weighted by Crippen LogP contribution is 2.48. The summed E-state index contributed by atoms with van der Waals surface area (Å²) in [5.74, 6) is 0.381. The molecule has 25 heavy (non-hydrogen) atoms. The second-order valence-electron chi connectivity index (χ2n) is 6.81. The lowest BCUT2D eigenvalue weighted by molar-refractivity contribution is -0.138. The molecule has 0 aliphatic heterocycles. The van der Waals surface area contributed by atoms with Crippen molar-refractivity contribution < 1.29 is 9.59 Å². The lowest BCUT2D eigenvalue weighted by Crippen LogP contribution is -2.47. The quantitative estimate of drug-likeness (QED) is 0.806. The normalized spacial score (nSPS) is 26.9. The number of nitrogens with two attached hydrogens (primary N) is 1. The zero-order valence-electron chi connectivity index (χ0n) is 13.9. The molecule has 3 rings (SSSR count). The smallest absolute Gasteiger partial charge is 0.243 e. The summed E-state index contributed by atoms with van der Waals surface area (Å²) < 4.78 is 0. The average Bonchev–Trinajstić information content (AvgIpc) is 3.11. The number of anilines is 1. The number of amides is 2. The molecular formula is C17H22Cl3N3O2. The molecule has 2 saturated carbocycles. The fourth-order valence-corrected chi connectivity index (χ4v) is 4.32. The van der Waals surface area contributed by atoms with Gasteiger partial charge in [0, 0.05) is 18.8 Å². The molecule has 1 aromatic rings. The first-order valence-corrected chi connectivity index (χ1v) is 8.88. The number of carbonyl (C=O) groups excluding carboxylic acids is 2. The van der Waals surface area contributed by atoms with Crippen LogP contribution in [0, 0.1) is 17.8 Å². The Hall–Kier alpha value is -1.01. The predicted molar refractivity (Wildman–Crippen MR) is 102 cm³/mol. The largest absolute Gasteiger partial charge is 0.336 e. The number of hydrogen-bond donors (Lipinski definition) is 2. The first-order valence-electron chi connectivity index (χ1n) is 8.12. The highest BCUT2D eigenvalue weighted by molar-refractivity contribution is 6.42. The summed E-state index contributed by atoms with van der Waals surface area (Å²) in [6.07, 6.45) is 3.23. The third-order valence-corrected chi connectivity index (χ3v) is 5.97. The van der Waals surface area contributed by atoms with E-state index in [9.17, 15) is 9.59 Å². The van der Waals surface area contributed by atoms with Gasteiger partial charge in [-0.2, -0.15) is 0 Å². The van der Waals surface area contributed by atoms with Crippen LogP contribution in [0.2, 0.25) is 10.0 Å². The van der Waals surface area contributed by atoms with Gasteiger partial charge in [0.25, 0.3) is 0 Å². The van der Waals surface area contributed by atoms with E-state index in [-0.39, 0.29) is 42.7 Å². The summed E-state index contributed by atoms with van der Waals surface area (Å²) in [4.78, 5) is 26.3. The molecule has 2 fully saturated rings. The van der Waals surface area contributed by atoms with Crippen LogP contribution >= 0.6 is 35.6 Å². The molecule has 3 N–H and O–H groups in total. The number of carbonyl (C=O) groups is 2. The lowest BCUT2D eigenvalue weighted by Gasteiger charge is -2.30. The maximum atomic E-state index is 12.7. The number of likely N-dealkylation sites (N-methyl/N-ethyl adjacent to an activating group) is 1. The summed E-state index contributed by atoms with van der Waals surface area (Å²) in [5, 5.41) is 3.52. The van der Waals surface area contributed by atoms with E-state index in [0.29, 0.717) is 27.6 Å². The molecule has 0 heterocycles. The van der Waals surface area contributed by atoms with Gasteiger partial charge in [0.1, 0.15) is 0 Å². The van der Waals surface area contributed by atoms with Gasteiger partial charge >= 0.3 is 0 Å². The molecule has 2 aliphatic carbocycles. The molecule has 0 aromatic heterocycles. The van der Waals surface area contributed by atoms with Crippen LogP contribution in [0.4, 0.5) is 5.69 Å². The Morgan fingerprint density at radius 3 is 2.52 bits per heavy atom. The Labute approximate surface area is 163 Å². The zero-order chi connectivity index (χ0) is 17.4. The number of fused-ring (bicyclic) bond motifs is 2. The molecule has 1 aromatic carbocycles. The van der Waals surface area contributed by atoms with E-state index in [1.807, 2.05) is 0 Å². The minimum atomic E-state index is -0.277. The second-order valence-corrected chi connectivity index (χ2v) is 7.62. The summed E-state index contributed by atoms with van der Waals surface area (Å²) in [7, 11) is 1.65. The summed E-state index contributed by atoms with van der Waals surface area (Å²) in [6.45, 7) is -0.0142. The molecule has 2 bridgehead atoms. The Morgan fingerprint density at radius 2 is 1.92 bits per heavy atom. The van der Waals surface area contributed by atoms with Gasteiger partial charge in [-0.3, -0.25) is 9.59 Å². The van der Waals surface area contributed by atoms with Crippen LogP contribution in [0.15, 0.2) is 18.2 Å². The summed E-state index contributed by atoms with van der Waals surface area (Å²) >= 11 is 11.8. The number of hydrogen-bond acceptors (Lipinski definition) is 3. The van der Waals surface area contributed by atoms with Crippen molar-refractivity contribution in [3.05, 3.63) is 28.2 Å². The van der Waals surface area contributed by atoms with Gasteiger partial charge in [-0.25, -0.2) is 0 Å². The zero-order valence-corrected chi connectivity index (χ0v) is 16.2. The minimum Gasteiger partial charge on any atom is -0.336 e. The van der Waals surface area contributed by atoms with Crippen LogP contribution in [0.25, 0.3) is 0 Å². The molecule has 2 amide bonds. The van der Waals surface area contributed by atoms with Crippen LogP contribution < -0.4 is 11.1 Å². The van der Waals surface area contributed by atoms with Crippen molar-refractivity contribution in [2.45, 2.75) is 25.3 Å². The van der Waals surface area contributed by atoms with E-state index in [1.54, 1.807) is 25.2 Å². The van der Waals surface area contributed by atoms with Crippen molar-refractivity contribution in [2.75, 3.05) is 18.9 Å². The van der Waals surface area contributed by atoms with Crippen LogP contribution in [0.3, 0.4) is 0 Å². The fraction of sp³-hybridized carbons (Fsp3) is 0.529. The number of nitrogens with one attached hydrogen (secondary N) is 1. The third kappa shape index (κ3) is 4.22. The molecule has 8 heteroatoms. The standard InChI is InChI=1S/C17H21Cl2N3O2.ClH/c1-22(17(24)15-9-2-3-10(6-9)16(15)20)8-14(23)21-11-4-5-12(18)13(19)7-11;/h4-5,7,9-10,15-16H,2-3,6,8,20H2,1H3,(H,21,23);1H. The maximum Gasteiger partial charge on any atom is 0.243 e. The van der Waals surface area contributed by atoms with E-state index < -0.39 is 0 Å². The molecule has 0 radical (unpaired) electrons. The molecule has 4 atom stereocenters. The van der Waals surface area contributed by atoms with Crippen molar-refractivity contribution >= 4 is 53.1 Å². The molecular weight excluding hydrogens is 385 g/mol. The highest BCUT2D eigenvalue weighted by atomic mass is 35.5. The molecule has 0 spiro atoms. The van der Waals surface area contributed by atoms with Gasteiger partial charge in [-0.1, -0.05) is 23.2 Å². The first kappa shape index (κ1) is 20.3. The Kier molecular flexibility index (Phi) is 6.60. The first-order chi connectivity index (χ1) is 11.4. The molecule has 2 aliphatic rings. The Balaban J connectivity index is 0.00000225. The van der Waals surface area contributed by atoms with Gasteiger partial charge < -0.3 is 16.0 Å². The van der Waals surface area contributed by atoms with Crippen molar-refractivity contribution in [1.29, 1.82) is 0 Å². The second kappa shape index (κ2) is 8.12. The average molecular weight is 407 g/mol. The van der Waals surface area contributed by atoms with Gasteiger partial charge in [-0.15, -0.1) is 12.4 Å². The van der Waals surface area contributed by atoms with Gasteiger partial charge in [0.05, 0.1) is 22.5 Å². The van der Waals surface area contributed by atoms with Crippen molar-refractivity contribution in [2.24, 2.45) is 23.5 Å². The Morgan fingerprint density at radius 1 is 1.24 bits per heavy atom. The lowest BCUT2D eigenvalue weighted by atomic mass is 9.84. The number of rotatable bonds is 4. The monoisotopic (exact) mass is 405 g/mol. The topological polar surface area (TPSA) is 75.4 Å². The van der Waals surface area contributed by atoms with Gasteiger partial charge in [0.2, 0.25) is 11.8 Å². The van der Waals surface area contributed by atoms with Crippen LogP contribution in [0.1, 0.15) is 19.3 Å². The minimum absolute atomic E-state index is 0. The van der Waals surface area contributed by atoms with E-state index in [4.69, 9.17) is 28.9 Å². The van der Waals surface area contributed by atoms with Crippen molar-refractivity contribution in [3.63, 3.8) is 0 Å².